The third-order valence-corrected chi connectivity index (χ3v) is 2.68. The Kier molecular flexibility index (Phi) is 5.35. The minimum atomic E-state index is 0.620. The monoisotopic (exact) mass is 187 g/mol. The first kappa shape index (κ1) is 11.0. The lowest BCUT2D eigenvalue weighted by molar-refractivity contribution is 0.0169. The lowest BCUT2D eigenvalue weighted by Gasteiger charge is -2.31. The number of hydrogen-bond acceptors (Lipinski definition) is 3. The molecule has 3 heteroatoms. The molecule has 78 valence electrons. The van der Waals surface area contributed by atoms with Crippen LogP contribution in [0.25, 0.3) is 0 Å². The van der Waals surface area contributed by atoms with Crippen molar-refractivity contribution in [3.8, 4) is 0 Å². The van der Waals surface area contributed by atoms with Gasteiger partial charge in [-0.3, -0.25) is 0 Å². The second kappa shape index (κ2) is 6.35. The summed E-state index contributed by atoms with van der Waals surface area (Å²) in [6, 6.07) is 0.620. The molecule has 3 nitrogen and oxygen atoms in total. The zero-order valence-electron chi connectivity index (χ0n) is 8.71. The lowest BCUT2D eigenvalue weighted by atomic mass is 9.93. The maximum absolute atomic E-state index is 5.45. The highest BCUT2D eigenvalue weighted by Crippen LogP contribution is 2.17. The largest absolute Gasteiger partial charge is 0.382 e. The highest BCUT2D eigenvalue weighted by molar-refractivity contribution is 4.78. The van der Waals surface area contributed by atoms with Crippen molar-refractivity contribution in [2.75, 3.05) is 33.5 Å². The summed E-state index contributed by atoms with van der Waals surface area (Å²) in [6.07, 6.45) is 2.24. The molecule has 2 unspecified atom stereocenters. The van der Waals surface area contributed by atoms with Gasteiger partial charge in [0.25, 0.3) is 0 Å². The van der Waals surface area contributed by atoms with Gasteiger partial charge in [-0.05, 0) is 32.7 Å². The molecule has 13 heavy (non-hydrogen) atoms. The van der Waals surface area contributed by atoms with E-state index in [-0.39, 0.29) is 0 Å². The van der Waals surface area contributed by atoms with Gasteiger partial charge in [-0.2, -0.15) is 0 Å². The summed E-state index contributed by atoms with van der Waals surface area (Å²) >= 11 is 0. The van der Waals surface area contributed by atoms with Crippen molar-refractivity contribution < 1.29 is 9.47 Å². The fraction of sp³-hybridized carbons (Fsp3) is 1.00. The van der Waals surface area contributed by atoms with E-state index in [1.54, 1.807) is 0 Å². The summed E-state index contributed by atoms with van der Waals surface area (Å²) in [7, 11) is 2.03. The molecule has 1 heterocycles. The molecule has 0 bridgehead atoms. The molecule has 0 aromatic heterocycles. The van der Waals surface area contributed by atoms with Crippen LogP contribution in [0.2, 0.25) is 0 Å². The molecule has 0 saturated carbocycles. The van der Waals surface area contributed by atoms with Crippen LogP contribution >= 0.6 is 0 Å². The fourth-order valence-electron chi connectivity index (χ4n) is 1.84. The van der Waals surface area contributed by atoms with Crippen molar-refractivity contribution >= 4 is 0 Å². The molecular formula is C10H21NO2. The molecule has 0 amide bonds. The van der Waals surface area contributed by atoms with Crippen molar-refractivity contribution in [2.24, 2.45) is 5.92 Å². The maximum Gasteiger partial charge on any atom is 0.0510 e. The third-order valence-electron chi connectivity index (χ3n) is 2.68. The highest BCUT2D eigenvalue weighted by atomic mass is 16.5. The standard InChI is InChI=1S/C10H21NO2/c1-3-12-6-4-9-8-13-7-5-10(9)11-2/h9-11H,3-8H2,1-2H3. The Balaban J connectivity index is 2.19. The van der Waals surface area contributed by atoms with Crippen LogP contribution in [-0.2, 0) is 9.47 Å². The van der Waals surface area contributed by atoms with Gasteiger partial charge in [-0.1, -0.05) is 0 Å². The number of nitrogens with one attached hydrogen (secondary N) is 1. The van der Waals surface area contributed by atoms with Crippen LogP contribution in [0.5, 0.6) is 0 Å². The Morgan fingerprint density at radius 3 is 3.08 bits per heavy atom. The van der Waals surface area contributed by atoms with Gasteiger partial charge >= 0.3 is 0 Å². The van der Waals surface area contributed by atoms with E-state index in [2.05, 4.69) is 5.32 Å². The maximum atomic E-state index is 5.45. The van der Waals surface area contributed by atoms with Crippen LogP contribution in [0.3, 0.4) is 0 Å². The Hall–Kier alpha value is -0.120. The predicted molar refractivity (Wildman–Crippen MR) is 52.9 cm³/mol. The Morgan fingerprint density at radius 2 is 2.38 bits per heavy atom. The fourth-order valence-corrected chi connectivity index (χ4v) is 1.84. The second-order valence-corrected chi connectivity index (χ2v) is 3.50. The molecule has 0 radical (unpaired) electrons. The van der Waals surface area contributed by atoms with Gasteiger partial charge in [0.05, 0.1) is 6.61 Å². The smallest absolute Gasteiger partial charge is 0.0510 e. The van der Waals surface area contributed by atoms with Crippen LogP contribution in [0.15, 0.2) is 0 Å². The molecule has 1 rings (SSSR count). The zero-order valence-corrected chi connectivity index (χ0v) is 8.71. The first-order valence-corrected chi connectivity index (χ1v) is 5.21. The van der Waals surface area contributed by atoms with Crippen molar-refractivity contribution in [1.82, 2.24) is 5.32 Å². The van der Waals surface area contributed by atoms with E-state index in [0.29, 0.717) is 12.0 Å². The number of ether oxygens (including phenoxy) is 2. The summed E-state index contributed by atoms with van der Waals surface area (Å²) < 4.78 is 10.8. The van der Waals surface area contributed by atoms with E-state index in [1.165, 1.54) is 0 Å². The van der Waals surface area contributed by atoms with E-state index in [0.717, 1.165) is 39.3 Å². The van der Waals surface area contributed by atoms with Gasteiger partial charge in [0.1, 0.15) is 0 Å². The first-order valence-electron chi connectivity index (χ1n) is 5.21. The van der Waals surface area contributed by atoms with Gasteiger partial charge in [-0.25, -0.2) is 0 Å². The Labute approximate surface area is 80.8 Å². The molecule has 1 aliphatic heterocycles. The number of rotatable bonds is 5. The van der Waals surface area contributed by atoms with Crippen LogP contribution in [0, 0.1) is 5.92 Å². The topological polar surface area (TPSA) is 30.5 Å². The molecule has 1 aliphatic rings. The van der Waals surface area contributed by atoms with E-state index in [1.807, 2.05) is 14.0 Å². The summed E-state index contributed by atoms with van der Waals surface area (Å²) in [5.41, 5.74) is 0. The van der Waals surface area contributed by atoms with E-state index < -0.39 is 0 Å². The zero-order chi connectivity index (χ0) is 9.52. The minimum Gasteiger partial charge on any atom is -0.382 e. The van der Waals surface area contributed by atoms with Crippen molar-refractivity contribution in [1.29, 1.82) is 0 Å². The van der Waals surface area contributed by atoms with Gasteiger partial charge in [0.15, 0.2) is 0 Å². The van der Waals surface area contributed by atoms with Crippen molar-refractivity contribution in [3.05, 3.63) is 0 Å². The molecule has 1 N–H and O–H groups in total. The highest BCUT2D eigenvalue weighted by Gasteiger charge is 2.23. The summed E-state index contributed by atoms with van der Waals surface area (Å²) in [5.74, 6) is 0.630. The SMILES string of the molecule is CCOCCC1COCCC1NC. The Morgan fingerprint density at radius 1 is 1.54 bits per heavy atom. The first-order chi connectivity index (χ1) is 6.38. The molecule has 1 fully saturated rings. The number of hydrogen-bond donors (Lipinski definition) is 1. The van der Waals surface area contributed by atoms with Crippen molar-refractivity contribution in [3.63, 3.8) is 0 Å². The van der Waals surface area contributed by atoms with E-state index >= 15 is 0 Å². The van der Waals surface area contributed by atoms with Crippen molar-refractivity contribution in [2.45, 2.75) is 25.8 Å². The molecule has 0 aromatic rings. The van der Waals surface area contributed by atoms with Crippen LogP contribution < -0.4 is 5.32 Å². The van der Waals surface area contributed by atoms with Gasteiger partial charge in [0, 0.05) is 25.9 Å². The van der Waals surface area contributed by atoms with Gasteiger partial charge in [0.2, 0.25) is 0 Å². The quantitative estimate of drug-likeness (QED) is 0.652. The molecule has 0 spiro atoms. The van der Waals surface area contributed by atoms with Crippen LogP contribution in [0.1, 0.15) is 19.8 Å². The van der Waals surface area contributed by atoms with Gasteiger partial charge in [-0.15, -0.1) is 0 Å². The Bertz CT molecular complexity index is 130. The average Bonchev–Trinajstić information content (AvgIpc) is 2.19. The van der Waals surface area contributed by atoms with Crippen LogP contribution in [0.4, 0.5) is 0 Å². The molecule has 0 aromatic carbocycles. The van der Waals surface area contributed by atoms with E-state index in [9.17, 15) is 0 Å². The minimum absolute atomic E-state index is 0.620. The summed E-state index contributed by atoms with van der Waals surface area (Å²) in [5, 5.41) is 3.35. The molecule has 0 aliphatic carbocycles. The molecular weight excluding hydrogens is 166 g/mol. The average molecular weight is 187 g/mol. The summed E-state index contributed by atoms with van der Waals surface area (Å²) in [6.45, 7) is 5.50. The lowest BCUT2D eigenvalue weighted by Crippen LogP contribution is -2.41. The normalized spacial score (nSPS) is 29.1. The van der Waals surface area contributed by atoms with E-state index in [4.69, 9.17) is 9.47 Å². The molecule has 2 atom stereocenters. The van der Waals surface area contributed by atoms with Gasteiger partial charge < -0.3 is 14.8 Å². The van der Waals surface area contributed by atoms with Crippen LogP contribution in [-0.4, -0.2) is 39.5 Å². The second-order valence-electron chi connectivity index (χ2n) is 3.50. The third kappa shape index (κ3) is 3.63. The summed E-state index contributed by atoms with van der Waals surface area (Å²) in [4.78, 5) is 0. The molecule has 1 saturated heterocycles. The predicted octanol–water partition coefficient (Wildman–Crippen LogP) is 1.04.